The second-order valence-corrected chi connectivity index (χ2v) is 5.21. The van der Waals surface area contributed by atoms with Crippen molar-refractivity contribution in [3.8, 4) is 0 Å². The summed E-state index contributed by atoms with van der Waals surface area (Å²) >= 11 is 0. The number of aromatic nitrogens is 3. The summed E-state index contributed by atoms with van der Waals surface area (Å²) in [6, 6.07) is 2.42. The molecule has 0 aromatic carbocycles. The minimum absolute atomic E-state index is 0.214. The second kappa shape index (κ2) is 5.59. The van der Waals surface area contributed by atoms with Crippen molar-refractivity contribution in [2.24, 2.45) is 0 Å². The molecule has 0 bridgehead atoms. The van der Waals surface area contributed by atoms with Crippen LogP contribution >= 0.6 is 0 Å². The number of aliphatic carboxylic acids is 1. The van der Waals surface area contributed by atoms with Crippen molar-refractivity contribution in [1.29, 1.82) is 0 Å². The standard InChI is InChI=1S/C15H16N4O3/c1-2-10-5-9(3-4-16-10)14(20)19-7-12-11(17-8-18-12)6-13(19)15(21)22/h3-5,8,13H,2,6-7H2,1H3,(H,17,18)(H,21,22)/t13-/m1/s1. The largest absolute Gasteiger partial charge is 0.480 e. The van der Waals surface area contributed by atoms with Crippen LogP contribution in [0.25, 0.3) is 0 Å². The summed E-state index contributed by atoms with van der Waals surface area (Å²) in [6.07, 6.45) is 4.03. The molecule has 0 saturated carbocycles. The lowest BCUT2D eigenvalue weighted by Gasteiger charge is -2.32. The number of nitrogens with zero attached hydrogens (tertiary/aromatic N) is 3. The van der Waals surface area contributed by atoms with E-state index in [1.165, 1.54) is 11.2 Å². The molecule has 114 valence electrons. The number of hydrogen-bond donors (Lipinski definition) is 2. The van der Waals surface area contributed by atoms with E-state index in [2.05, 4.69) is 15.0 Å². The lowest BCUT2D eigenvalue weighted by atomic mass is 10.0. The predicted octanol–water partition coefficient (Wildman–Crippen LogP) is 1.02. The van der Waals surface area contributed by atoms with E-state index in [4.69, 9.17) is 0 Å². The van der Waals surface area contributed by atoms with Gasteiger partial charge in [-0.3, -0.25) is 9.78 Å². The van der Waals surface area contributed by atoms with E-state index in [0.717, 1.165) is 11.4 Å². The fourth-order valence-electron chi connectivity index (χ4n) is 2.64. The Morgan fingerprint density at radius 3 is 3.00 bits per heavy atom. The minimum Gasteiger partial charge on any atom is -0.480 e. The molecule has 0 unspecified atom stereocenters. The molecule has 1 aliphatic heterocycles. The minimum atomic E-state index is -1.02. The Bertz CT molecular complexity index is 725. The number of fused-ring (bicyclic) bond motifs is 1. The fourth-order valence-corrected chi connectivity index (χ4v) is 2.64. The van der Waals surface area contributed by atoms with E-state index in [1.54, 1.807) is 18.3 Å². The van der Waals surface area contributed by atoms with Gasteiger partial charge in [-0.25, -0.2) is 9.78 Å². The van der Waals surface area contributed by atoms with E-state index in [-0.39, 0.29) is 18.9 Å². The molecule has 22 heavy (non-hydrogen) atoms. The molecule has 1 aliphatic rings. The number of nitrogens with one attached hydrogen (secondary N) is 1. The Hall–Kier alpha value is -2.70. The maximum atomic E-state index is 12.7. The van der Waals surface area contributed by atoms with Crippen LogP contribution in [0.5, 0.6) is 0 Å². The van der Waals surface area contributed by atoms with Crippen LogP contribution in [-0.4, -0.2) is 42.9 Å². The summed E-state index contributed by atoms with van der Waals surface area (Å²) in [5.41, 5.74) is 2.76. The number of rotatable bonds is 3. The van der Waals surface area contributed by atoms with Crippen molar-refractivity contribution in [2.45, 2.75) is 32.4 Å². The maximum absolute atomic E-state index is 12.7. The van der Waals surface area contributed by atoms with Crippen molar-refractivity contribution in [1.82, 2.24) is 19.9 Å². The van der Waals surface area contributed by atoms with Gasteiger partial charge in [0.2, 0.25) is 0 Å². The van der Waals surface area contributed by atoms with Gasteiger partial charge >= 0.3 is 5.97 Å². The first-order valence-corrected chi connectivity index (χ1v) is 7.10. The molecule has 2 aromatic heterocycles. The van der Waals surface area contributed by atoms with Gasteiger partial charge in [0, 0.05) is 23.9 Å². The average molecular weight is 300 g/mol. The van der Waals surface area contributed by atoms with Crippen molar-refractivity contribution in [3.05, 3.63) is 47.3 Å². The van der Waals surface area contributed by atoms with Gasteiger partial charge in [0.25, 0.3) is 5.91 Å². The smallest absolute Gasteiger partial charge is 0.326 e. The summed E-state index contributed by atoms with van der Waals surface area (Å²) in [7, 11) is 0. The third-order valence-corrected chi connectivity index (χ3v) is 3.87. The van der Waals surface area contributed by atoms with Crippen LogP contribution in [0.3, 0.4) is 0 Å². The first-order valence-electron chi connectivity index (χ1n) is 7.10. The molecule has 0 saturated heterocycles. The highest BCUT2D eigenvalue weighted by Gasteiger charge is 2.36. The van der Waals surface area contributed by atoms with Crippen LogP contribution in [0.2, 0.25) is 0 Å². The first kappa shape index (κ1) is 14.2. The van der Waals surface area contributed by atoms with Crippen molar-refractivity contribution >= 4 is 11.9 Å². The van der Waals surface area contributed by atoms with Crippen LogP contribution in [0, 0.1) is 0 Å². The van der Waals surface area contributed by atoms with E-state index in [9.17, 15) is 14.7 Å². The van der Waals surface area contributed by atoms with Gasteiger partial charge in [-0.05, 0) is 18.6 Å². The molecular formula is C15H16N4O3. The summed E-state index contributed by atoms with van der Waals surface area (Å²) < 4.78 is 0. The quantitative estimate of drug-likeness (QED) is 0.881. The Morgan fingerprint density at radius 1 is 1.45 bits per heavy atom. The molecular weight excluding hydrogens is 284 g/mol. The molecule has 7 nitrogen and oxygen atoms in total. The van der Waals surface area contributed by atoms with E-state index < -0.39 is 12.0 Å². The number of carboxylic acids is 1. The summed E-state index contributed by atoms with van der Waals surface area (Å²) in [5.74, 6) is -1.32. The van der Waals surface area contributed by atoms with Crippen LogP contribution < -0.4 is 0 Å². The number of carboxylic acid groups (broad SMARTS) is 1. The number of imidazole rings is 1. The fraction of sp³-hybridized carbons (Fsp3) is 0.333. The molecule has 2 aromatic rings. The average Bonchev–Trinajstić information content (AvgIpc) is 3.00. The summed E-state index contributed by atoms with van der Waals surface area (Å²) in [6.45, 7) is 2.17. The van der Waals surface area contributed by atoms with Crippen LogP contribution in [0.15, 0.2) is 24.7 Å². The van der Waals surface area contributed by atoms with E-state index >= 15 is 0 Å². The number of aryl methyl sites for hydroxylation is 1. The topological polar surface area (TPSA) is 99.2 Å². The molecule has 7 heteroatoms. The zero-order valence-corrected chi connectivity index (χ0v) is 12.1. The van der Waals surface area contributed by atoms with E-state index in [1.807, 2.05) is 6.92 Å². The maximum Gasteiger partial charge on any atom is 0.326 e. The Balaban J connectivity index is 1.94. The van der Waals surface area contributed by atoms with Crippen molar-refractivity contribution in [3.63, 3.8) is 0 Å². The van der Waals surface area contributed by atoms with Crippen molar-refractivity contribution in [2.75, 3.05) is 0 Å². The van der Waals surface area contributed by atoms with Gasteiger partial charge in [-0.1, -0.05) is 6.92 Å². The number of carbonyl (C=O) groups excluding carboxylic acids is 1. The number of H-pyrrole nitrogens is 1. The molecule has 0 spiro atoms. The number of hydrogen-bond acceptors (Lipinski definition) is 4. The van der Waals surface area contributed by atoms with E-state index in [0.29, 0.717) is 17.7 Å². The summed E-state index contributed by atoms with van der Waals surface area (Å²) in [4.78, 5) is 36.8. The van der Waals surface area contributed by atoms with Gasteiger partial charge in [0.1, 0.15) is 6.04 Å². The lowest BCUT2D eigenvalue weighted by molar-refractivity contribution is -0.142. The third-order valence-electron chi connectivity index (χ3n) is 3.87. The Labute approximate surface area is 127 Å². The molecule has 0 fully saturated rings. The number of aromatic amines is 1. The number of pyridine rings is 1. The van der Waals surface area contributed by atoms with Gasteiger partial charge < -0.3 is 15.0 Å². The SMILES string of the molecule is CCc1cc(C(=O)N2Cc3[nH]cnc3C[C@@H]2C(=O)O)ccn1. The summed E-state index contributed by atoms with van der Waals surface area (Å²) in [5, 5.41) is 9.42. The third kappa shape index (κ3) is 2.45. The first-order chi connectivity index (χ1) is 10.6. The number of amides is 1. The normalized spacial score (nSPS) is 17.1. The number of carbonyl (C=O) groups is 2. The highest BCUT2D eigenvalue weighted by molar-refractivity contribution is 5.96. The van der Waals surface area contributed by atoms with Crippen molar-refractivity contribution < 1.29 is 14.7 Å². The molecule has 1 atom stereocenters. The zero-order chi connectivity index (χ0) is 15.7. The zero-order valence-electron chi connectivity index (χ0n) is 12.1. The second-order valence-electron chi connectivity index (χ2n) is 5.21. The monoisotopic (exact) mass is 300 g/mol. The van der Waals surface area contributed by atoms with Gasteiger partial charge in [-0.2, -0.15) is 0 Å². The molecule has 2 N–H and O–H groups in total. The highest BCUT2D eigenvalue weighted by atomic mass is 16.4. The van der Waals surface area contributed by atoms with Gasteiger partial charge in [0.15, 0.2) is 0 Å². The lowest BCUT2D eigenvalue weighted by Crippen LogP contribution is -2.48. The predicted molar refractivity (Wildman–Crippen MR) is 77.2 cm³/mol. The molecule has 0 radical (unpaired) electrons. The molecule has 0 aliphatic carbocycles. The highest BCUT2D eigenvalue weighted by Crippen LogP contribution is 2.23. The van der Waals surface area contributed by atoms with Crippen LogP contribution in [0.4, 0.5) is 0 Å². The Kier molecular flexibility index (Phi) is 3.62. The van der Waals surface area contributed by atoms with Crippen LogP contribution in [-0.2, 0) is 24.2 Å². The molecule has 1 amide bonds. The Morgan fingerprint density at radius 2 is 2.27 bits per heavy atom. The van der Waals surface area contributed by atoms with Gasteiger partial charge in [-0.15, -0.1) is 0 Å². The van der Waals surface area contributed by atoms with Gasteiger partial charge in [0.05, 0.1) is 24.3 Å². The van der Waals surface area contributed by atoms with Crippen LogP contribution in [0.1, 0.15) is 34.4 Å². The molecule has 3 rings (SSSR count). The molecule has 3 heterocycles.